The lowest BCUT2D eigenvalue weighted by Crippen LogP contribution is -2.52. The summed E-state index contributed by atoms with van der Waals surface area (Å²) in [7, 11) is 1.54. The third kappa shape index (κ3) is 4.63. The molecule has 26 heavy (non-hydrogen) atoms. The molecule has 0 amide bonds. The van der Waals surface area contributed by atoms with E-state index in [2.05, 4.69) is 9.80 Å². The SMILES string of the molecule is COc1ccc(CN2CCN(Cc3ccc(C)o3)[C@@H](CCO)C2)c(F)c1. The maximum absolute atomic E-state index is 14.2. The van der Waals surface area contributed by atoms with E-state index in [1.165, 1.54) is 13.2 Å². The summed E-state index contributed by atoms with van der Waals surface area (Å²) in [6, 6.07) is 9.20. The van der Waals surface area contributed by atoms with E-state index in [0.717, 1.165) is 37.7 Å². The molecule has 0 aliphatic carbocycles. The summed E-state index contributed by atoms with van der Waals surface area (Å²) in [4.78, 5) is 4.59. The first-order valence-corrected chi connectivity index (χ1v) is 9.04. The summed E-state index contributed by atoms with van der Waals surface area (Å²) in [6.45, 7) is 5.90. The summed E-state index contributed by atoms with van der Waals surface area (Å²) < 4.78 is 25.0. The maximum Gasteiger partial charge on any atom is 0.131 e. The van der Waals surface area contributed by atoms with Crippen molar-refractivity contribution in [2.45, 2.75) is 32.5 Å². The van der Waals surface area contributed by atoms with E-state index >= 15 is 0 Å². The monoisotopic (exact) mass is 362 g/mol. The highest BCUT2D eigenvalue weighted by atomic mass is 19.1. The Morgan fingerprint density at radius 2 is 2.08 bits per heavy atom. The van der Waals surface area contributed by atoms with Gasteiger partial charge in [0.1, 0.15) is 23.1 Å². The van der Waals surface area contributed by atoms with Crippen LogP contribution in [0, 0.1) is 12.7 Å². The van der Waals surface area contributed by atoms with Gasteiger partial charge in [-0.15, -0.1) is 0 Å². The van der Waals surface area contributed by atoms with Crippen LogP contribution >= 0.6 is 0 Å². The van der Waals surface area contributed by atoms with Gasteiger partial charge in [0, 0.05) is 50.5 Å². The molecule has 1 aromatic carbocycles. The molecule has 1 aliphatic rings. The van der Waals surface area contributed by atoms with Gasteiger partial charge in [-0.3, -0.25) is 9.80 Å². The normalized spacial score (nSPS) is 19.0. The fourth-order valence-electron chi connectivity index (χ4n) is 3.53. The molecule has 0 saturated carbocycles. The number of furan rings is 1. The lowest BCUT2D eigenvalue weighted by atomic mass is 10.1. The first-order valence-electron chi connectivity index (χ1n) is 9.04. The van der Waals surface area contributed by atoms with Crippen LogP contribution in [0.15, 0.2) is 34.7 Å². The number of methoxy groups -OCH3 is 1. The molecule has 1 atom stereocenters. The highest BCUT2D eigenvalue weighted by Gasteiger charge is 2.27. The smallest absolute Gasteiger partial charge is 0.131 e. The molecule has 0 bridgehead atoms. The number of halogens is 1. The first-order chi connectivity index (χ1) is 12.6. The van der Waals surface area contributed by atoms with Gasteiger partial charge in [-0.1, -0.05) is 6.07 Å². The number of rotatable bonds is 7. The first kappa shape index (κ1) is 18.9. The highest BCUT2D eigenvalue weighted by molar-refractivity contribution is 5.28. The van der Waals surface area contributed by atoms with Crippen LogP contribution in [0.4, 0.5) is 4.39 Å². The van der Waals surface area contributed by atoms with E-state index in [1.54, 1.807) is 12.1 Å². The summed E-state index contributed by atoms with van der Waals surface area (Å²) >= 11 is 0. The van der Waals surface area contributed by atoms with Gasteiger partial charge in [-0.25, -0.2) is 4.39 Å². The average Bonchev–Trinajstić information content (AvgIpc) is 3.04. The second kappa shape index (κ2) is 8.66. The highest BCUT2D eigenvalue weighted by Crippen LogP contribution is 2.22. The van der Waals surface area contributed by atoms with E-state index < -0.39 is 0 Å². The van der Waals surface area contributed by atoms with Crippen LogP contribution in [0.3, 0.4) is 0 Å². The molecule has 0 spiro atoms. The second-order valence-corrected chi connectivity index (χ2v) is 6.84. The molecule has 142 valence electrons. The number of hydrogen-bond donors (Lipinski definition) is 1. The second-order valence-electron chi connectivity index (χ2n) is 6.84. The van der Waals surface area contributed by atoms with Gasteiger partial charge >= 0.3 is 0 Å². The maximum atomic E-state index is 14.2. The molecule has 1 aromatic heterocycles. The van der Waals surface area contributed by atoms with Gasteiger partial charge in [0.05, 0.1) is 13.7 Å². The Kier molecular flexibility index (Phi) is 6.29. The zero-order chi connectivity index (χ0) is 18.5. The molecule has 6 heteroatoms. The fourth-order valence-corrected chi connectivity index (χ4v) is 3.53. The molecule has 1 fully saturated rings. The Labute approximate surface area is 154 Å². The number of benzene rings is 1. The third-order valence-corrected chi connectivity index (χ3v) is 4.96. The van der Waals surface area contributed by atoms with E-state index in [0.29, 0.717) is 24.3 Å². The molecule has 1 saturated heterocycles. The summed E-state index contributed by atoms with van der Waals surface area (Å²) in [5.41, 5.74) is 0.670. The van der Waals surface area contributed by atoms with Crippen molar-refractivity contribution >= 4 is 0 Å². The zero-order valence-electron chi connectivity index (χ0n) is 15.4. The summed E-state index contributed by atoms with van der Waals surface area (Å²) in [6.07, 6.45) is 0.696. The fraction of sp³-hybridized carbons (Fsp3) is 0.500. The van der Waals surface area contributed by atoms with Gasteiger partial charge in [0.15, 0.2) is 0 Å². The Bertz CT molecular complexity index is 719. The zero-order valence-corrected chi connectivity index (χ0v) is 15.4. The number of aryl methyl sites for hydroxylation is 1. The van der Waals surface area contributed by atoms with Crippen molar-refractivity contribution in [2.24, 2.45) is 0 Å². The summed E-state index contributed by atoms with van der Waals surface area (Å²) in [5.74, 6) is 2.15. The number of piperazine rings is 1. The standard InChI is InChI=1S/C20H27FN2O3/c1-15-3-5-19(26-15)14-23-9-8-22(13-17(23)7-10-24)12-16-4-6-18(25-2)11-20(16)21/h3-6,11,17,24H,7-10,12-14H2,1-2H3/t17-/m0/s1. The molecule has 1 N–H and O–H groups in total. The number of nitrogens with zero attached hydrogens (tertiary/aromatic N) is 2. The van der Waals surface area contributed by atoms with Crippen molar-refractivity contribution < 1.29 is 18.7 Å². The molecular weight excluding hydrogens is 335 g/mol. The lowest BCUT2D eigenvalue weighted by Gasteiger charge is -2.41. The van der Waals surface area contributed by atoms with Crippen molar-refractivity contribution in [3.8, 4) is 5.75 Å². The van der Waals surface area contributed by atoms with E-state index in [4.69, 9.17) is 9.15 Å². The predicted octanol–water partition coefficient (Wildman–Crippen LogP) is 2.80. The van der Waals surface area contributed by atoms with Crippen molar-refractivity contribution in [1.82, 2.24) is 9.80 Å². The van der Waals surface area contributed by atoms with Gasteiger partial charge in [-0.2, -0.15) is 0 Å². The van der Waals surface area contributed by atoms with E-state index in [1.807, 2.05) is 19.1 Å². The number of aliphatic hydroxyl groups excluding tert-OH is 1. The average molecular weight is 362 g/mol. The minimum absolute atomic E-state index is 0.142. The Morgan fingerprint density at radius 1 is 1.23 bits per heavy atom. The summed E-state index contributed by atoms with van der Waals surface area (Å²) in [5, 5.41) is 9.44. The molecule has 0 unspecified atom stereocenters. The molecule has 5 nitrogen and oxygen atoms in total. The Morgan fingerprint density at radius 3 is 2.73 bits per heavy atom. The van der Waals surface area contributed by atoms with Gasteiger partial charge in [-0.05, 0) is 31.5 Å². The van der Waals surface area contributed by atoms with E-state index in [9.17, 15) is 9.50 Å². The Balaban J connectivity index is 1.63. The quantitative estimate of drug-likeness (QED) is 0.821. The van der Waals surface area contributed by atoms with Gasteiger partial charge < -0.3 is 14.3 Å². The van der Waals surface area contributed by atoms with Crippen LogP contribution in [-0.2, 0) is 13.1 Å². The van der Waals surface area contributed by atoms with Crippen LogP contribution < -0.4 is 4.74 Å². The van der Waals surface area contributed by atoms with Crippen molar-refractivity contribution in [1.29, 1.82) is 0 Å². The number of aliphatic hydroxyl groups is 1. The molecule has 2 aromatic rings. The van der Waals surface area contributed by atoms with E-state index in [-0.39, 0.29) is 18.5 Å². The largest absolute Gasteiger partial charge is 0.497 e. The number of ether oxygens (including phenoxy) is 1. The van der Waals surface area contributed by atoms with Crippen LogP contribution in [0.1, 0.15) is 23.5 Å². The van der Waals surface area contributed by atoms with Crippen molar-refractivity contribution in [3.63, 3.8) is 0 Å². The minimum atomic E-state index is -0.239. The molecule has 3 rings (SSSR count). The molecule has 0 radical (unpaired) electrons. The number of hydrogen-bond acceptors (Lipinski definition) is 5. The topological polar surface area (TPSA) is 49.1 Å². The van der Waals surface area contributed by atoms with Crippen molar-refractivity contribution in [2.75, 3.05) is 33.4 Å². The lowest BCUT2D eigenvalue weighted by molar-refractivity contribution is 0.0449. The van der Waals surface area contributed by atoms with Crippen LogP contribution in [0.5, 0.6) is 5.75 Å². The molecular formula is C20H27FN2O3. The molecule has 1 aliphatic heterocycles. The third-order valence-electron chi connectivity index (χ3n) is 4.96. The van der Waals surface area contributed by atoms with Gasteiger partial charge in [0.25, 0.3) is 0 Å². The minimum Gasteiger partial charge on any atom is -0.497 e. The van der Waals surface area contributed by atoms with Crippen LogP contribution in [0.25, 0.3) is 0 Å². The van der Waals surface area contributed by atoms with Crippen LogP contribution in [0.2, 0.25) is 0 Å². The van der Waals surface area contributed by atoms with Crippen LogP contribution in [-0.4, -0.2) is 54.3 Å². The predicted molar refractivity (Wildman–Crippen MR) is 97.6 cm³/mol. The van der Waals surface area contributed by atoms with Crippen molar-refractivity contribution in [3.05, 3.63) is 53.2 Å². The molecule has 2 heterocycles. The van der Waals surface area contributed by atoms with Gasteiger partial charge in [0.2, 0.25) is 0 Å². The Hall–Kier alpha value is -1.89.